The lowest BCUT2D eigenvalue weighted by molar-refractivity contribution is -0.133. The van der Waals surface area contributed by atoms with Crippen molar-refractivity contribution in [3.8, 4) is 5.75 Å². The molecule has 0 aliphatic carbocycles. The van der Waals surface area contributed by atoms with E-state index in [4.69, 9.17) is 4.74 Å². The molecular weight excluding hydrogens is 378 g/mol. The molecule has 30 heavy (non-hydrogen) atoms. The number of carbonyl (C=O) groups is 2. The average Bonchev–Trinajstić information content (AvgIpc) is 3.17. The van der Waals surface area contributed by atoms with Crippen LogP contribution < -0.4 is 4.74 Å². The fraction of sp³-hybridized carbons (Fsp3) is 0.333. The van der Waals surface area contributed by atoms with Crippen molar-refractivity contribution in [2.24, 2.45) is 0 Å². The Labute approximate surface area is 176 Å². The van der Waals surface area contributed by atoms with E-state index < -0.39 is 0 Å². The minimum absolute atomic E-state index is 0.0304. The molecule has 6 heteroatoms. The smallest absolute Gasteiger partial charge is 0.315 e. The lowest BCUT2D eigenvalue weighted by Crippen LogP contribution is -2.48. The van der Waals surface area contributed by atoms with E-state index in [1.54, 1.807) is 24.3 Å². The monoisotopic (exact) mass is 405 g/mol. The molecule has 1 saturated heterocycles. The maximum atomic E-state index is 12.7. The van der Waals surface area contributed by atoms with E-state index >= 15 is 0 Å². The molecule has 1 fully saturated rings. The third-order valence-corrected chi connectivity index (χ3v) is 5.54. The van der Waals surface area contributed by atoms with E-state index in [0.29, 0.717) is 11.3 Å². The highest BCUT2D eigenvalue weighted by atomic mass is 16.5. The summed E-state index contributed by atoms with van der Waals surface area (Å²) in [6, 6.07) is 14.7. The van der Waals surface area contributed by atoms with Gasteiger partial charge in [-0.1, -0.05) is 25.1 Å². The van der Waals surface area contributed by atoms with E-state index in [9.17, 15) is 9.59 Å². The standard InChI is InChI=1S/C24H27N3O3/c1-2-11-26-12-14-27(15-13-26)24(29)18-7-9-20(10-8-18)30-23(28)16-19-17-25-22-6-4-3-5-21(19)22/h3-10,17,25H,2,11-16H2,1H3. The van der Waals surface area contributed by atoms with E-state index in [-0.39, 0.29) is 18.3 Å². The number of ether oxygens (including phenoxy) is 1. The highest BCUT2D eigenvalue weighted by molar-refractivity contribution is 5.94. The third-order valence-electron chi connectivity index (χ3n) is 5.54. The Morgan fingerprint density at radius 1 is 1.00 bits per heavy atom. The van der Waals surface area contributed by atoms with Crippen LogP contribution in [0.1, 0.15) is 29.3 Å². The van der Waals surface area contributed by atoms with Gasteiger partial charge in [-0.15, -0.1) is 0 Å². The van der Waals surface area contributed by atoms with Gasteiger partial charge in [-0.3, -0.25) is 14.5 Å². The molecule has 1 aromatic heterocycles. The number of carbonyl (C=O) groups excluding carboxylic acids is 2. The van der Waals surface area contributed by atoms with Crippen LogP contribution in [0.25, 0.3) is 10.9 Å². The minimum Gasteiger partial charge on any atom is -0.426 e. The van der Waals surface area contributed by atoms with Gasteiger partial charge in [-0.25, -0.2) is 0 Å². The topological polar surface area (TPSA) is 65.6 Å². The maximum Gasteiger partial charge on any atom is 0.315 e. The van der Waals surface area contributed by atoms with Gasteiger partial charge in [0.1, 0.15) is 5.75 Å². The second kappa shape index (κ2) is 9.13. The average molecular weight is 405 g/mol. The molecule has 1 aliphatic rings. The molecular formula is C24H27N3O3. The first-order chi connectivity index (χ1) is 14.6. The maximum absolute atomic E-state index is 12.7. The first-order valence-corrected chi connectivity index (χ1v) is 10.5. The Morgan fingerprint density at radius 2 is 1.73 bits per heavy atom. The van der Waals surface area contributed by atoms with Crippen molar-refractivity contribution in [3.05, 3.63) is 65.9 Å². The number of amides is 1. The molecule has 2 aromatic carbocycles. The first kappa shape index (κ1) is 20.2. The molecule has 1 amide bonds. The lowest BCUT2D eigenvalue weighted by Gasteiger charge is -2.34. The van der Waals surface area contributed by atoms with Gasteiger partial charge in [0.25, 0.3) is 5.91 Å². The number of piperazine rings is 1. The third kappa shape index (κ3) is 4.54. The minimum atomic E-state index is -0.328. The van der Waals surface area contributed by atoms with Crippen LogP contribution in [0.5, 0.6) is 5.75 Å². The van der Waals surface area contributed by atoms with Gasteiger partial charge in [0.2, 0.25) is 0 Å². The SMILES string of the molecule is CCCN1CCN(C(=O)c2ccc(OC(=O)Cc3c[nH]c4ccccc34)cc2)CC1. The van der Waals surface area contributed by atoms with Gasteiger partial charge < -0.3 is 14.6 Å². The van der Waals surface area contributed by atoms with E-state index in [2.05, 4.69) is 16.8 Å². The first-order valence-electron chi connectivity index (χ1n) is 10.5. The molecule has 0 unspecified atom stereocenters. The molecule has 156 valence electrons. The van der Waals surface area contributed by atoms with Gasteiger partial charge >= 0.3 is 5.97 Å². The van der Waals surface area contributed by atoms with Gasteiger partial charge in [-0.2, -0.15) is 0 Å². The van der Waals surface area contributed by atoms with Crippen LogP contribution in [-0.2, 0) is 11.2 Å². The molecule has 0 bridgehead atoms. The Morgan fingerprint density at radius 3 is 2.47 bits per heavy atom. The van der Waals surface area contributed by atoms with Crippen LogP contribution in [0.2, 0.25) is 0 Å². The largest absolute Gasteiger partial charge is 0.426 e. The Kier molecular flexibility index (Phi) is 6.14. The summed E-state index contributed by atoms with van der Waals surface area (Å²) in [6.07, 6.45) is 3.16. The number of aromatic amines is 1. The highest BCUT2D eigenvalue weighted by Gasteiger charge is 2.21. The van der Waals surface area contributed by atoms with Gasteiger partial charge in [-0.05, 0) is 48.9 Å². The van der Waals surface area contributed by atoms with Crippen LogP contribution in [0.4, 0.5) is 0 Å². The zero-order valence-electron chi connectivity index (χ0n) is 17.3. The number of H-pyrrole nitrogens is 1. The van der Waals surface area contributed by atoms with Crippen molar-refractivity contribution in [1.82, 2.24) is 14.8 Å². The molecule has 3 aromatic rings. The number of hydrogen-bond acceptors (Lipinski definition) is 4. The predicted octanol–water partition coefficient (Wildman–Crippen LogP) is 3.48. The molecule has 1 N–H and O–H groups in total. The predicted molar refractivity (Wildman–Crippen MR) is 117 cm³/mol. The summed E-state index contributed by atoms with van der Waals surface area (Å²) >= 11 is 0. The summed E-state index contributed by atoms with van der Waals surface area (Å²) in [4.78, 5) is 32.5. The number of fused-ring (bicyclic) bond motifs is 1. The van der Waals surface area contributed by atoms with Crippen molar-refractivity contribution >= 4 is 22.8 Å². The second-order valence-electron chi connectivity index (χ2n) is 7.67. The molecule has 0 atom stereocenters. The number of aromatic nitrogens is 1. The van der Waals surface area contributed by atoms with Crippen LogP contribution in [0.3, 0.4) is 0 Å². The Bertz CT molecular complexity index is 1020. The van der Waals surface area contributed by atoms with Crippen molar-refractivity contribution < 1.29 is 14.3 Å². The number of hydrogen-bond donors (Lipinski definition) is 1. The number of esters is 1. The fourth-order valence-electron chi connectivity index (χ4n) is 3.94. The van der Waals surface area contributed by atoms with Crippen LogP contribution in [0, 0.1) is 0 Å². The van der Waals surface area contributed by atoms with Crippen molar-refractivity contribution in [3.63, 3.8) is 0 Å². The summed E-state index contributed by atoms with van der Waals surface area (Å²) in [5, 5.41) is 1.02. The molecule has 2 heterocycles. The summed E-state index contributed by atoms with van der Waals surface area (Å²) < 4.78 is 5.47. The summed E-state index contributed by atoms with van der Waals surface area (Å²) in [6.45, 7) is 6.60. The summed E-state index contributed by atoms with van der Waals surface area (Å²) in [7, 11) is 0. The normalized spacial score (nSPS) is 14.8. The van der Waals surface area contributed by atoms with Crippen LogP contribution in [0.15, 0.2) is 54.7 Å². The summed E-state index contributed by atoms with van der Waals surface area (Å²) in [5.41, 5.74) is 2.53. The Hall–Kier alpha value is -3.12. The number of nitrogens with one attached hydrogen (secondary N) is 1. The molecule has 4 rings (SSSR count). The lowest BCUT2D eigenvalue weighted by atomic mass is 10.1. The molecule has 0 radical (unpaired) electrons. The van der Waals surface area contributed by atoms with Crippen molar-refractivity contribution in [1.29, 1.82) is 0 Å². The number of benzene rings is 2. The zero-order chi connectivity index (χ0) is 20.9. The number of nitrogens with zero attached hydrogens (tertiary/aromatic N) is 2. The molecule has 1 aliphatic heterocycles. The number of rotatable bonds is 6. The molecule has 6 nitrogen and oxygen atoms in total. The van der Waals surface area contributed by atoms with E-state index in [1.807, 2.05) is 35.4 Å². The van der Waals surface area contributed by atoms with Crippen LogP contribution >= 0.6 is 0 Å². The quantitative estimate of drug-likeness (QED) is 0.504. The van der Waals surface area contributed by atoms with Gasteiger partial charge in [0.15, 0.2) is 0 Å². The second-order valence-corrected chi connectivity index (χ2v) is 7.67. The van der Waals surface area contributed by atoms with Crippen molar-refractivity contribution in [2.45, 2.75) is 19.8 Å². The Balaban J connectivity index is 1.33. The van der Waals surface area contributed by atoms with Crippen molar-refractivity contribution in [2.75, 3.05) is 32.7 Å². The van der Waals surface area contributed by atoms with Gasteiger partial charge in [0, 0.05) is 48.8 Å². The van der Waals surface area contributed by atoms with E-state index in [1.165, 1.54) is 0 Å². The summed E-state index contributed by atoms with van der Waals surface area (Å²) in [5.74, 6) is 0.151. The molecule has 0 spiro atoms. The number of para-hydroxylation sites is 1. The van der Waals surface area contributed by atoms with E-state index in [0.717, 1.165) is 55.6 Å². The molecule has 0 saturated carbocycles. The fourth-order valence-corrected chi connectivity index (χ4v) is 3.94. The highest BCUT2D eigenvalue weighted by Crippen LogP contribution is 2.20. The van der Waals surface area contributed by atoms with Gasteiger partial charge in [0.05, 0.1) is 6.42 Å². The van der Waals surface area contributed by atoms with Crippen LogP contribution in [-0.4, -0.2) is 59.4 Å². The zero-order valence-corrected chi connectivity index (χ0v) is 17.3.